The van der Waals surface area contributed by atoms with E-state index >= 15 is 0 Å². The number of thiazole rings is 1. The zero-order valence-electron chi connectivity index (χ0n) is 7.89. The predicted octanol–water partition coefficient (Wildman–Crippen LogP) is 1.42. The number of aryl methyl sites for hydroxylation is 2. The van der Waals surface area contributed by atoms with Crippen LogP contribution in [0.15, 0.2) is 18.5 Å². The summed E-state index contributed by atoms with van der Waals surface area (Å²) >= 11 is 1.39. The Morgan fingerprint density at radius 2 is 2.36 bits per heavy atom. The number of hydrogen-bond acceptors (Lipinski definition) is 4. The molecule has 0 saturated heterocycles. The molecule has 2 aromatic heterocycles. The fourth-order valence-electron chi connectivity index (χ4n) is 1.13. The standard InChI is InChI=1S/C9H9N3OS/c1-6-10-5-8(14-6)9(13)7-3-4-12(2)11-7/h3-5H,1-2H3. The lowest BCUT2D eigenvalue weighted by molar-refractivity contribution is 0.103. The van der Waals surface area contributed by atoms with Gasteiger partial charge >= 0.3 is 0 Å². The number of rotatable bonds is 2. The van der Waals surface area contributed by atoms with Crippen molar-refractivity contribution in [3.05, 3.63) is 34.0 Å². The maximum Gasteiger partial charge on any atom is 0.224 e. The van der Waals surface area contributed by atoms with E-state index < -0.39 is 0 Å². The molecule has 0 bridgehead atoms. The van der Waals surface area contributed by atoms with Crippen LogP contribution in [0.4, 0.5) is 0 Å². The van der Waals surface area contributed by atoms with Crippen LogP contribution in [0.3, 0.4) is 0 Å². The van der Waals surface area contributed by atoms with E-state index in [-0.39, 0.29) is 5.78 Å². The number of carbonyl (C=O) groups excluding carboxylic acids is 1. The van der Waals surface area contributed by atoms with Crippen molar-refractivity contribution in [2.75, 3.05) is 0 Å². The summed E-state index contributed by atoms with van der Waals surface area (Å²) in [4.78, 5) is 16.4. The van der Waals surface area contributed by atoms with Gasteiger partial charge in [0.05, 0.1) is 9.88 Å². The van der Waals surface area contributed by atoms with Crippen LogP contribution in [0.2, 0.25) is 0 Å². The van der Waals surface area contributed by atoms with E-state index in [0.29, 0.717) is 10.6 Å². The normalized spacial score (nSPS) is 10.4. The van der Waals surface area contributed by atoms with Gasteiger partial charge in [0.1, 0.15) is 5.69 Å². The molecular weight excluding hydrogens is 198 g/mol. The van der Waals surface area contributed by atoms with Crippen LogP contribution >= 0.6 is 11.3 Å². The molecule has 0 fully saturated rings. The van der Waals surface area contributed by atoms with Crippen molar-refractivity contribution >= 4 is 17.1 Å². The second kappa shape index (κ2) is 3.34. The summed E-state index contributed by atoms with van der Waals surface area (Å²) in [5.74, 6) is -0.0591. The lowest BCUT2D eigenvalue weighted by Gasteiger charge is -1.90. The number of nitrogens with zero attached hydrogens (tertiary/aromatic N) is 3. The Bertz CT molecular complexity index is 430. The first-order chi connectivity index (χ1) is 6.66. The Labute approximate surface area is 85.2 Å². The van der Waals surface area contributed by atoms with Gasteiger partial charge in [-0.15, -0.1) is 11.3 Å². The summed E-state index contributed by atoms with van der Waals surface area (Å²) < 4.78 is 1.61. The molecule has 14 heavy (non-hydrogen) atoms. The van der Waals surface area contributed by atoms with Crippen molar-refractivity contribution in [1.29, 1.82) is 0 Å². The van der Waals surface area contributed by atoms with Gasteiger partial charge in [-0.1, -0.05) is 0 Å². The van der Waals surface area contributed by atoms with Crippen LogP contribution in [0, 0.1) is 6.92 Å². The highest BCUT2D eigenvalue weighted by Crippen LogP contribution is 2.15. The fourth-order valence-corrected chi connectivity index (χ4v) is 1.86. The summed E-state index contributed by atoms with van der Waals surface area (Å²) in [5, 5.41) is 4.94. The Hall–Kier alpha value is -1.49. The molecule has 0 aliphatic rings. The molecule has 2 rings (SSSR count). The van der Waals surface area contributed by atoms with Gasteiger partial charge in [0.25, 0.3) is 0 Å². The molecule has 0 aromatic carbocycles. The SMILES string of the molecule is Cc1ncc(C(=O)c2ccn(C)n2)s1. The molecular formula is C9H9N3OS. The summed E-state index contributed by atoms with van der Waals surface area (Å²) in [6.07, 6.45) is 3.35. The summed E-state index contributed by atoms with van der Waals surface area (Å²) in [5.41, 5.74) is 0.469. The quantitative estimate of drug-likeness (QED) is 0.700. The van der Waals surface area contributed by atoms with Crippen LogP contribution in [-0.2, 0) is 7.05 Å². The fraction of sp³-hybridized carbons (Fsp3) is 0.222. The van der Waals surface area contributed by atoms with Crippen molar-refractivity contribution < 1.29 is 4.79 Å². The molecule has 0 aliphatic carbocycles. The van der Waals surface area contributed by atoms with Crippen molar-refractivity contribution in [1.82, 2.24) is 14.8 Å². The van der Waals surface area contributed by atoms with E-state index in [4.69, 9.17) is 0 Å². The molecule has 0 N–H and O–H groups in total. The zero-order valence-corrected chi connectivity index (χ0v) is 8.71. The third-order valence-electron chi connectivity index (χ3n) is 1.79. The summed E-state index contributed by atoms with van der Waals surface area (Å²) in [6.45, 7) is 1.87. The molecule has 0 unspecified atom stereocenters. The third kappa shape index (κ3) is 1.58. The monoisotopic (exact) mass is 207 g/mol. The molecule has 72 valence electrons. The first kappa shape index (κ1) is 9.08. The van der Waals surface area contributed by atoms with Gasteiger partial charge in [-0.3, -0.25) is 9.48 Å². The Kier molecular flexibility index (Phi) is 2.17. The van der Waals surface area contributed by atoms with Gasteiger partial charge in [0, 0.05) is 19.4 Å². The highest BCUT2D eigenvalue weighted by Gasteiger charge is 2.13. The van der Waals surface area contributed by atoms with Crippen molar-refractivity contribution in [2.24, 2.45) is 7.05 Å². The van der Waals surface area contributed by atoms with E-state index in [0.717, 1.165) is 5.01 Å². The number of hydrogen-bond donors (Lipinski definition) is 0. The maximum atomic E-state index is 11.8. The molecule has 0 amide bonds. The lowest BCUT2D eigenvalue weighted by atomic mass is 10.3. The van der Waals surface area contributed by atoms with Crippen LogP contribution < -0.4 is 0 Å². The Morgan fingerprint density at radius 3 is 2.86 bits per heavy atom. The maximum absolute atomic E-state index is 11.8. The second-order valence-electron chi connectivity index (χ2n) is 2.95. The minimum absolute atomic E-state index is 0.0591. The molecule has 5 heteroatoms. The van der Waals surface area contributed by atoms with Crippen molar-refractivity contribution in [3.8, 4) is 0 Å². The average molecular weight is 207 g/mol. The third-order valence-corrected chi connectivity index (χ3v) is 2.70. The first-order valence-corrected chi connectivity index (χ1v) is 4.95. The Morgan fingerprint density at radius 1 is 1.57 bits per heavy atom. The van der Waals surface area contributed by atoms with Gasteiger partial charge < -0.3 is 0 Å². The van der Waals surface area contributed by atoms with E-state index in [9.17, 15) is 4.79 Å². The van der Waals surface area contributed by atoms with Crippen LogP contribution in [0.1, 0.15) is 20.4 Å². The minimum atomic E-state index is -0.0591. The van der Waals surface area contributed by atoms with Gasteiger partial charge in [0.2, 0.25) is 5.78 Å². The van der Waals surface area contributed by atoms with E-state index in [1.54, 1.807) is 30.2 Å². The highest BCUT2D eigenvalue weighted by molar-refractivity contribution is 7.13. The largest absolute Gasteiger partial charge is 0.286 e. The van der Waals surface area contributed by atoms with Crippen molar-refractivity contribution in [3.63, 3.8) is 0 Å². The molecule has 2 aromatic rings. The minimum Gasteiger partial charge on any atom is -0.286 e. The molecule has 0 spiro atoms. The number of carbonyl (C=O) groups is 1. The molecule has 4 nitrogen and oxygen atoms in total. The molecule has 0 radical (unpaired) electrons. The first-order valence-electron chi connectivity index (χ1n) is 4.13. The predicted molar refractivity (Wildman–Crippen MR) is 53.5 cm³/mol. The zero-order chi connectivity index (χ0) is 10.1. The molecule has 2 heterocycles. The van der Waals surface area contributed by atoms with Crippen LogP contribution in [-0.4, -0.2) is 20.5 Å². The summed E-state index contributed by atoms with van der Waals surface area (Å²) in [7, 11) is 1.79. The highest BCUT2D eigenvalue weighted by atomic mass is 32.1. The topological polar surface area (TPSA) is 47.8 Å². The molecule has 0 atom stereocenters. The van der Waals surface area contributed by atoms with Gasteiger partial charge in [-0.2, -0.15) is 5.10 Å². The average Bonchev–Trinajstić information content (AvgIpc) is 2.73. The lowest BCUT2D eigenvalue weighted by Crippen LogP contribution is -2.00. The number of ketones is 1. The van der Waals surface area contributed by atoms with Crippen LogP contribution in [0.5, 0.6) is 0 Å². The summed E-state index contributed by atoms with van der Waals surface area (Å²) in [6, 6.07) is 1.71. The van der Waals surface area contributed by atoms with Gasteiger partial charge in [-0.25, -0.2) is 4.98 Å². The van der Waals surface area contributed by atoms with Gasteiger partial charge in [0.15, 0.2) is 0 Å². The van der Waals surface area contributed by atoms with Gasteiger partial charge in [-0.05, 0) is 13.0 Å². The second-order valence-corrected chi connectivity index (χ2v) is 4.18. The van der Waals surface area contributed by atoms with Crippen molar-refractivity contribution in [2.45, 2.75) is 6.92 Å². The van der Waals surface area contributed by atoms with E-state index in [1.807, 2.05) is 6.92 Å². The van der Waals surface area contributed by atoms with E-state index in [1.165, 1.54) is 11.3 Å². The van der Waals surface area contributed by atoms with E-state index in [2.05, 4.69) is 10.1 Å². The molecule has 0 saturated carbocycles. The van der Waals surface area contributed by atoms with Crippen LogP contribution in [0.25, 0.3) is 0 Å². The smallest absolute Gasteiger partial charge is 0.224 e. The Balaban J connectivity index is 2.33. The molecule has 0 aliphatic heterocycles. The number of aromatic nitrogens is 3.